The Morgan fingerprint density at radius 1 is 1.28 bits per heavy atom. The number of ether oxygens (including phenoxy) is 2. The average molecular weight is 291 g/mol. The lowest BCUT2D eigenvalue weighted by Gasteiger charge is -2.38. The van der Waals surface area contributed by atoms with Crippen molar-refractivity contribution >= 4 is 21.4 Å². The molecular formula is C11H17NO4S2. The lowest BCUT2D eigenvalue weighted by Crippen LogP contribution is -2.48. The number of hydrogen-bond acceptors (Lipinski definition) is 5. The Hall–Kier alpha value is -0.470. The topological polar surface area (TPSA) is 55.8 Å². The van der Waals surface area contributed by atoms with Crippen LogP contribution in [0.1, 0.15) is 12.8 Å². The van der Waals surface area contributed by atoms with Gasteiger partial charge >= 0.3 is 0 Å². The minimum Gasteiger partial charge on any atom is -0.353 e. The summed E-state index contributed by atoms with van der Waals surface area (Å²) in [5.74, 6) is -0.637. The molecular weight excluding hydrogens is 274 g/mol. The van der Waals surface area contributed by atoms with E-state index in [-0.39, 0.29) is 0 Å². The maximum Gasteiger partial charge on any atom is 0.252 e. The van der Waals surface area contributed by atoms with Crippen molar-refractivity contribution in [2.75, 3.05) is 27.3 Å². The lowest BCUT2D eigenvalue weighted by atomic mass is 10.1. The van der Waals surface area contributed by atoms with Crippen LogP contribution in [0, 0.1) is 0 Å². The van der Waals surface area contributed by atoms with Gasteiger partial charge in [0.25, 0.3) is 10.0 Å². The van der Waals surface area contributed by atoms with Crippen LogP contribution in [-0.2, 0) is 19.5 Å². The van der Waals surface area contributed by atoms with Gasteiger partial charge in [-0.15, -0.1) is 11.3 Å². The molecule has 0 bridgehead atoms. The lowest BCUT2D eigenvalue weighted by molar-refractivity contribution is -0.224. The molecule has 1 aliphatic rings. The van der Waals surface area contributed by atoms with E-state index in [1.54, 1.807) is 31.7 Å². The zero-order chi connectivity index (χ0) is 13.2. The van der Waals surface area contributed by atoms with E-state index >= 15 is 0 Å². The molecule has 0 saturated carbocycles. The first-order valence-electron chi connectivity index (χ1n) is 5.68. The molecule has 1 aromatic heterocycles. The third-order valence-electron chi connectivity index (χ3n) is 3.32. The number of methoxy groups -OCH3 is 2. The molecule has 102 valence electrons. The van der Waals surface area contributed by atoms with Gasteiger partial charge in [-0.25, -0.2) is 8.42 Å². The van der Waals surface area contributed by atoms with Gasteiger partial charge in [-0.3, -0.25) is 0 Å². The van der Waals surface area contributed by atoms with Crippen molar-refractivity contribution in [2.24, 2.45) is 0 Å². The molecule has 5 nitrogen and oxygen atoms in total. The number of rotatable bonds is 4. The molecule has 0 spiro atoms. The van der Waals surface area contributed by atoms with Crippen LogP contribution in [0.4, 0.5) is 0 Å². The fraction of sp³-hybridized carbons (Fsp3) is 0.636. The van der Waals surface area contributed by atoms with Crippen LogP contribution >= 0.6 is 11.3 Å². The normalized spacial score (nSPS) is 21.0. The van der Waals surface area contributed by atoms with Crippen molar-refractivity contribution in [1.29, 1.82) is 0 Å². The first-order chi connectivity index (χ1) is 8.54. The summed E-state index contributed by atoms with van der Waals surface area (Å²) in [7, 11) is -0.164. The van der Waals surface area contributed by atoms with E-state index in [1.807, 2.05) is 0 Å². The van der Waals surface area contributed by atoms with Crippen molar-refractivity contribution in [1.82, 2.24) is 4.31 Å². The monoisotopic (exact) mass is 291 g/mol. The standard InChI is InChI=1S/C11H17NO4S2/c1-15-11(16-2)5-7-12(8-6-11)18(13,14)10-4-3-9-17-10/h3-4,9H,5-8H2,1-2H3. The van der Waals surface area contributed by atoms with Crippen LogP contribution in [0.25, 0.3) is 0 Å². The van der Waals surface area contributed by atoms with Gasteiger partial charge in [0.1, 0.15) is 4.21 Å². The van der Waals surface area contributed by atoms with Crippen molar-refractivity contribution in [3.8, 4) is 0 Å². The highest BCUT2D eigenvalue weighted by Crippen LogP contribution is 2.30. The van der Waals surface area contributed by atoms with Gasteiger partial charge in [-0.2, -0.15) is 4.31 Å². The molecule has 0 atom stereocenters. The third kappa shape index (κ3) is 2.46. The van der Waals surface area contributed by atoms with E-state index in [0.717, 1.165) is 0 Å². The highest BCUT2D eigenvalue weighted by Gasteiger charge is 2.38. The van der Waals surface area contributed by atoms with Crippen LogP contribution in [-0.4, -0.2) is 45.8 Å². The van der Waals surface area contributed by atoms with E-state index in [4.69, 9.17) is 9.47 Å². The largest absolute Gasteiger partial charge is 0.353 e. The number of nitrogens with zero attached hydrogens (tertiary/aromatic N) is 1. The molecule has 2 heterocycles. The summed E-state index contributed by atoms with van der Waals surface area (Å²) >= 11 is 1.24. The highest BCUT2D eigenvalue weighted by atomic mass is 32.2. The molecule has 0 aromatic carbocycles. The number of thiophene rings is 1. The number of sulfonamides is 1. The van der Waals surface area contributed by atoms with Gasteiger partial charge < -0.3 is 9.47 Å². The Morgan fingerprint density at radius 3 is 2.33 bits per heavy atom. The maximum absolute atomic E-state index is 12.3. The molecule has 1 aromatic rings. The summed E-state index contributed by atoms with van der Waals surface area (Å²) in [6, 6.07) is 3.38. The summed E-state index contributed by atoms with van der Waals surface area (Å²) in [6.07, 6.45) is 1.09. The van der Waals surface area contributed by atoms with Crippen LogP contribution in [0.15, 0.2) is 21.7 Å². The Balaban J connectivity index is 2.11. The fourth-order valence-electron chi connectivity index (χ4n) is 2.10. The summed E-state index contributed by atoms with van der Waals surface area (Å²) in [5.41, 5.74) is 0. The molecule has 1 saturated heterocycles. The fourth-order valence-corrected chi connectivity index (χ4v) is 4.68. The van der Waals surface area contributed by atoms with E-state index in [0.29, 0.717) is 30.1 Å². The van der Waals surface area contributed by atoms with E-state index in [1.165, 1.54) is 15.6 Å². The Morgan fingerprint density at radius 2 is 1.89 bits per heavy atom. The van der Waals surface area contributed by atoms with Crippen molar-refractivity contribution < 1.29 is 17.9 Å². The summed E-state index contributed by atoms with van der Waals surface area (Å²) < 4.78 is 37.1. The molecule has 0 radical (unpaired) electrons. The Labute approximate surface area is 111 Å². The molecule has 1 fully saturated rings. The van der Waals surface area contributed by atoms with Crippen LogP contribution in [0.2, 0.25) is 0 Å². The van der Waals surface area contributed by atoms with Gasteiger partial charge in [0.15, 0.2) is 5.79 Å². The number of hydrogen-bond donors (Lipinski definition) is 0. The first kappa shape index (κ1) is 14.0. The molecule has 0 aliphatic carbocycles. The predicted octanol–water partition coefficient (Wildman–Crippen LogP) is 1.52. The van der Waals surface area contributed by atoms with Crippen molar-refractivity contribution in [3.63, 3.8) is 0 Å². The average Bonchev–Trinajstić information content (AvgIpc) is 2.93. The molecule has 0 unspecified atom stereocenters. The van der Waals surface area contributed by atoms with Gasteiger partial charge in [-0.1, -0.05) is 6.07 Å². The third-order valence-corrected chi connectivity index (χ3v) is 6.59. The molecule has 7 heteroatoms. The van der Waals surface area contributed by atoms with Gasteiger partial charge in [0.05, 0.1) is 0 Å². The Bertz CT molecular complexity index is 469. The minimum atomic E-state index is -3.34. The quantitative estimate of drug-likeness (QED) is 0.789. The van der Waals surface area contributed by atoms with Gasteiger partial charge in [0, 0.05) is 40.2 Å². The second-order valence-corrected chi connectivity index (χ2v) is 7.27. The van der Waals surface area contributed by atoms with Crippen LogP contribution in [0.5, 0.6) is 0 Å². The van der Waals surface area contributed by atoms with Crippen LogP contribution in [0.3, 0.4) is 0 Å². The highest BCUT2D eigenvalue weighted by molar-refractivity contribution is 7.91. The smallest absolute Gasteiger partial charge is 0.252 e. The predicted molar refractivity (Wildman–Crippen MR) is 69.1 cm³/mol. The second-order valence-electron chi connectivity index (χ2n) is 4.16. The molecule has 1 aliphatic heterocycles. The molecule has 2 rings (SSSR count). The second kappa shape index (κ2) is 5.26. The van der Waals surface area contributed by atoms with E-state index in [9.17, 15) is 8.42 Å². The maximum atomic E-state index is 12.3. The van der Waals surface area contributed by atoms with Crippen LogP contribution < -0.4 is 0 Å². The summed E-state index contributed by atoms with van der Waals surface area (Å²) in [5, 5.41) is 1.77. The number of piperidine rings is 1. The first-order valence-corrected chi connectivity index (χ1v) is 8.00. The molecule has 0 N–H and O–H groups in total. The van der Waals surface area contributed by atoms with E-state index < -0.39 is 15.8 Å². The summed E-state index contributed by atoms with van der Waals surface area (Å²) in [6.45, 7) is 0.837. The van der Waals surface area contributed by atoms with Crippen molar-refractivity contribution in [2.45, 2.75) is 22.8 Å². The van der Waals surface area contributed by atoms with Gasteiger partial charge in [-0.05, 0) is 11.4 Å². The zero-order valence-electron chi connectivity index (χ0n) is 10.5. The van der Waals surface area contributed by atoms with E-state index in [2.05, 4.69) is 0 Å². The molecule has 0 amide bonds. The molecule has 18 heavy (non-hydrogen) atoms. The Kier molecular flexibility index (Phi) is 4.08. The minimum absolute atomic E-state index is 0.393. The van der Waals surface area contributed by atoms with Gasteiger partial charge in [0.2, 0.25) is 0 Å². The SMILES string of the molecule is COC1(OC)CCN(S(=O)(=O)c2cccs2)CC1. The van der Waals surface area contributed by atoms with Crippen molar-refractivity contribution in [3.05, 3.63) is 17.5 Å². The summed E-state index contributed by atoms with van der Waals surface area (Å²) in [4.78, 5) is 0. The zero-order valence-corrected chi connectivity index (χ0v) is 12.1.